The van der Waals surface area contributed by atoms with Crippen molar-refractivity contribution in [1.82, 2.24) is 0 Å². The molecular weight excluding hydrogens is 504 g/mol. The second-order valence-corrected chi connectivity index (χ2v) is 7.98. The van der Waals surface area contributed by atoms with E-state index >= 15 is 0 Å². The molecule has 3 aromatic carbocycles. The Labute approximate surface area is 168 Å². The fourth-order valence-electron chi connectivity index (χ4n) is 2.41. The molecule has 0 radical (unpaired) electrons. The van der Waals surface area contributed by atoms with Crippen molar-refractivity contribution < 1.29 is 22.4 Å². The number of hydrogen-bond acceptors (Lipinski definition) is 0. The van der Waals surface area contributed by atoms with Gasteiger partial charge in [0.15, 0.2) is 0 Å². The van der Waals surface area contributed by atoms with Crippen LogP contribution in [0.5, 0.6) is 0 Å². The van der Waals surface area contributed by atoms with Gasteiger partial charge >= 0.3 is 22.4 Å². The van der Waals surface area contributed by atoms with E-state index in [0.29, 0.717) is 5.92 Å². The van der Waals surface area contributed by atoms with Gasteiger partial charge in [0.2, 0.25) is 0 Å². The van der Waals surface area contributed by atoms with E-state index in [9.17, 15) is 0 Å². The Balaban J connectivity index is 0.000000325. The molecule has 0 unspecified atom stereocenters. The van der Waals surface area contributed by atoms with Gasteiger partial charge in [0.25, 0.3) is 0 Å². The summed E-state index contributed by atoms with van der Waals surface area (Å²) in [4.78, 5) is 0. The largest absolute Gasteiger partial charge is 1.00 e. The summed E-state index contributed by atoms with van der Waals surface area (Å²) in [6.07, 6.45) is 8.89. The minimum absolute atomic E-state index is 0. The van der Waals surface area contributed by atoms with Crippen molar-refractivity contribution in [2.24, 2.45) is 5.92 Å². The average molecular weight is 524 g/mol. The second kappa shape index (κ2) is 10.4. The topological polar surface area (TPSA) is 0 Å². The Morgan fingerprint density at radius 3 is 1.16 bits per heavy atom. The molecule has 0 N–H and O–H groups in total. The van der Waals surface area contributed by atoms with Gasteiger partial charge in [0.05, 0.1) is 0 Å². The molecule has 0 nitrogen and oxygen atoms in total. The molecule has 1 saturated carbocycles. The normalized spacial score (nSPS) is 12.3. The zero-order valence-electron chi connectivity index (χ0n) is 13.9. The summed E-state index contributed by atoms with van der Waals surface area (Å²) in [6.45, 7) is 0. The van der Waals surface area contributed by atoms with Crippen LogP contribution in [0.3, 0.4) is 0 Å². The molecule has 1 aliphatic rings. The van der Waals surface area contributed by atoms with Gasteiger partial charge in [-0.05, 0) is 42.6 Å². The van der Waals surface area contributed by atoms with E-state index in [2.05, 4.69) is 96.9 Å². The summed E-state index contributed by atoms with van der Waals surface area (Å²) < 4.78 is 0. The molecule has 2 heteroatoms. The minimum atomic E-state index is -0.446. The molecule has 0 amide bonds. The van der Waals surface area contributed by atoms with Gasteiger partial charge in [0, 0.05) is 0 Å². The predicted molar refractivity (Wildman–Crippen MR) is 105 cm³/mol. The Morgan fingerprint density at radius 1 is 0.640 bits per heavy atom. The molecule has 0 atom stereocenters. The predicted octanol–water partition coefficient (Wildman–Crippen LogP) is 4.43. The van der Waals surface area contributed by atoms with E-state index in [4.69, 9.17) is 6.42 Å². The van der Waals surface area contributed by atoms with Gasteiger partial charge < -0.3 is 12.3 Å². The van der Waals surface area contributed by atoms with Crippen LogP contribution in [-0.2, 0) is 22.4 Å². The smallest absolute Gasteiger partial charge is 0.693 e. The maximum absolute atomic E-state index is 6.47. The standard InChI is InChI=1S/C18H15P.C5H5.Au/c1-4-10-16(11-5-1)19(17-12-6-2-7-13-17)18-14-8-3-9-15-18;1-2-5-3-4-5;/h1-15H;5H,3-4H2;/q;-1;+1. The molecule has 0 heterocycles. The van der Waals surface area contributed by atoms with Gasteiger partial charge in [-0.2, -0.15) is 0 Å². The third kappa shape index (κ3) is 6.00. The van der Waals surface area contributed by atoms with Crippen molar-refractivity contribution in [3.63, 3.8) is 0 Å². The van der Waals surface area contributed by atoms with Gasteiger partial charge in [-0.25, -0.2) is 0 Å². The quantitative estimate of drug-likeness (QED) is 0.206. The van der Waals surface area contributed by atoms with Crippen LogP contribution in [0.2, 0.25) is 0 Å². The zero-order valence-corrected chi connectivity index (χ0v) is 17.0. The second-order valence-electron chi connectivity index (χ2n) is 5.76. The summed E-state index contributed by atoms with van der Waals surface area (Å²) in [5, 5.41) is 4.19. The molecule has 0 saturated heterocycles. The van der Waals surface area contributed by atoms with Crippen LogP contribution >= 0.6 is 7.92 Å². The maximum Gasteiger partial charge on any atom is 1.00 e. The minimum Gasteiger partial charge on any atom is -0.693 e. The van der Waals surface area contributed by atoms with E-state index in [1.165, 1.54) is 28.8 Å². The van der Waals surface area contributed by atoms with Crippen LogP contribution in [-0.4, -0.2) is 0 Å². The van der Waals surface area contributed by atoms with Crippen LogP contribution < -0.4 is 15.9 Å². The SMILES string of the molecule is [Au+].[C-]#CC1CC1.c1ccc(P(c2ccccc2)c2ccccc2)cc1. The monoisotopic (exact) mass is 524 g/mol. The Kier molecular flexibility index (Phi) is 8.20. The van der Waals surface area contributed by atoms with Gasteiger partial charge in [-0.3, -0.25) is 0 Å². The van der Waals surface area contributed by atoms with Crippen molar-refractivity contribution in [3.05, 3.63) is 97.4 Å². The molecule has 1 fully saturated rings. The first-order chi connectivity index (χ1) is 11.9. The van der Waals surface area contributed by atoms with Crippen molar-refractivity contribution in [3.8, 4) is 5.92 Å². The van der Waals surface area contributed by atoms with E-state index in [0.717, 1.165) is 0 Å². The molecule has 0 bridgehead atoms. The van der Waals surface area contributed by atoms with Crippen LogP contribution in [0.4, 0.5) is 0 Å². The van der Waals surface area contributed by atoms with E-state index < -0.39 is 7.92 Å². The summed E-state index contributed by atoms with van der Waals surface area (Å²) >= 11 is 0. The molecule has 128 valence electrons. The molecule has 4 rings (SSSR count). The van der Waals surface area contributed by atoms with Crippen LogP contribution in [0, 0.1) is 18.3 Å². The molecule has 3 aromatic rings. The third-order valence-electron chi connectivity index (χ3n) is 3.82. The molecule has 1 aliphatic carbocycles. The fraction of sp³-hybridized carbons (Fsp3) is 0.130. The molecule has 0 aromatic heterocycles. The number of rotatable bonds is 3. The molecular formula is C23H20AuP. The summed E-state index contributed by atoms with van der Waals surface area (Å²) in [5.41, 5.74) is 0. The summed E-state index contributed by atoms with van der Waals surface area (Å²) in [5.74, 6) is 2.94. The summed E-state index contributed by atoms with van der Waals surface area (Å²) in [7, 11) is -0.446. The first kappa shape index (κ1) is 19.7. The van der Waals surface area contributed by atoms with E-state index in [-0.39, 0.29) is 22.4 Å². The maximum atomic E-state index is 6.47. The Bertz CT molecular complexity index is 681. The first-order valence-corrected chi connectivity index (χ1v) is 9.60. The Hall–Kier alpha value is -1.61. The van der Waals surface area contributed by atoms with Crippen molar-refractivity contribution in [2.75, 3.05) is 0 Å². The third-order valence-corrected chi connectivity index (χ3v) is 6.27. The Morgan fingerprint density at radius 2 is 0.960 bits per heavy atom. The molecule has 0 aliphatic heterocycles. The van der Waals surface area contributed by atoms with Crippen molar-refractivity contribution in [1.29, 1.82) is 0 Å². The zero-order chi connectivity index (χ0) is 16.6. The van der Waals surface area contributed by atoms with E-state index in [1.54, 1.807) is 0 Å². The van der Waals surface area contributed by atoms with Crippen molar-refractivity contribution >= 4 is 23.8 Å². The van der Waals surface area contributed by atoms with E-state index in [1.807, 2.05) is 0 Å². The number of benzene rings is 3. The average Bonchev–Trinajstić information content (AvgIpc) is 3.50. The van der Waals surface area contributed by atoms with Gasteiger partial charge in [0.1, 0.15) is 0 Å². The summed E-state index contributed by atoms with van der Waals surface area (Å²) in [6, 6.07) is 32.3. The van der Waals surface area contributed by atoms with Crippen LogP contribution in [0.15, 0.2) is 91.0 Å². The van der Waals surface area contributed by atoms with Gasteiger partial charge in [-0.15, -0.1) is 0 Å². The molecule has 25 heavy (non-hydrogen) atoms. The van der Waals surface area contributed by atoms with Gasteiger partial charge in [-0.1, -0.05) is 91.0 Å². The van der Waals surface area contributed by atoms with Crippen LogP contribution in [0.1, 0.15) is 12.8 Å². The molecule has 0 spiro atoms. The number of hydrogen-bond donors (Lipinski definition) is 0. The fourth-order valence-corrected chi connectivity index (χ4v) is 4.71. The van der Waals surface area contributed by atoms with Crippen LogP contribution in [0.25, 0.3) is 0 Å². The van der Waals surface area contributed by atoms with Crippen molar-refractivity contribution in [2.45, 2.75) is 12.8 Å². The first-order valence-electron chi connectivity index (χ1n) is 8.26.